The van der Waals surface area contributed by atoms with E-state index in [1.54, 1.807) is 0 Å². The van der Waals surface area contributed by atoms with E-state index in [1.807, 2.05) is 24.3 Å². The summed E-state index contributed by atoms with van der Waals surface area (Å²) >= 11 is 0. The van der Waals surface area contributed by atoms with E-state index in [4.69, 9.17) is 4.74 Å². The third-order valence-electron chi connectivity index (χ3n) is 4.88. The standard InChI is InChI=1S/C18H22O2/c1-18-11-10-16(19)12-15(18)8-5-9-17(18)20-13-14-6-3-2-4-7-14/h2-4,6-7,12,17H,5,8-11,13H2,1H3/t17-,18-/m1/s1. The molecule has 106 valence electrons. The second-order valence-corrected chi connectivity index (χ2v) is 6.23. The van der Waals surface area contributed by atoms with Crippen molar-refractivity contribution < 1.29 is 9.53 Å². The topological polar surface area (TPSA) is 26.3 Å². The van der Waals surface area contributed by atoms with Crippen LogP contribution in [0.25, 0.3) is 0 Å². The van der Waals surface area contributed by atoms with Gasteiger partial charge in [0.05, 0.1) is 12.7 Å². The van der Waals surface area contributed by atoms with E-state index < -0.39 is 0 Å². The van der Waals surface area contributed by atoms with E-state index in [0.29, 0.717) is 18.8 Å². The highest BCUT2D eigenvalue weighted by atomic mass is 16.5. The number of benzene rings is 1. The Morgan fingerprint density at radius 3 is 2.85 bits per heavy atom. The highest BCUT2D eigenvalue weighted by Gasteiger charge is 2.43. The molecule has 2 aliphatic rings. The number of carbonyl (C=O) groups is 1. The molecule has 0 radical (unpaired) electrons. The molecule has 0 aromatic heterocycles. The molecule has 3 rings (SSSR count). The number of allylic oxidation sites excluding steroid dienone is 1. The Morgan fingerprint density at radius 1 is 1.25 bits per heavy atom. The van der Waals surface area contributed by atoms with Crippen LogP contribution in [0.15, 0.2) is 42.0 Å². The first-order chi connectivity index (χ1) is 9.68. The molecule has 0 spiro atoms. The molecule has 0 N–H and O–H groups in total. The number of ether oxygens (including phenoxy) is 1. The van der Waals surface area contributed by atoms with Crippen molar-refractivity contribution in [2.45, 2.75) is 51.7 Å². The first-order valence-corrected chi connectivity index (χ1v) is 7.58. The Morgan fingerprint density at radius 2 is 2.05 bits per heavy atom. The fourth-order valence-electron chi connectivity index (χ4n) is 3.54. The molecule has 0 aliphatic heterocycles. The lowest BCUT2D eigenvalue weighted by molar-refractivity contribution is -0.117. The summed E-state index contributed by atoms with van der Waals surface area (Å²) in [7, 11) is 0. The molecule has 2 heteroatoms. The SMILES string of the molecule is C[C@@]12CCC(=O)C=C1CCC[C@H]2OCc1ccccc1. The van der Waals surface area contributed by atoms with E-state index in [9.17, 15) is 4.79 Å². The highest BCUT2D eigenvalue weighted by molar-refractivity contribution is 5.91. The predicted octanol–water partition coefficient (Wildman–Crippen LogP) is 4.05. The van der Waals surface area contributed by atoms with Crippen molar-refractivity contribution in [1.29, 1.82) is 0 Å². The lowest BCUT2D eigenvalue weighted by Crippen LogP contribution is -2.41. The normalized spacial score (nSPS) is 29.8. The minimum absolute atomic E-state index is 0.0704. The Kier molecular flexibility index (Phi) is 3.75. The molecule has 1 saturated carbocycles. The van der Waals surface area contributed by atoms with Gasteiger partial charge in [0, 0.05) is 11.8 Å². The van der Waals surface area contributed by atoms with Crippen LogP contribution in [0.4, 0.5) is 0 Å². The zero-order chi connectivity index (χ0) is 14.0. The van der Waals surface area contributed by atoms with Crippen LogP contribution in [-0.2, 0) is 16.1 Å². The van der Waals surface area contributed by atoms with E-state index >= 15 is 0 Å². The molecule has 1 aromatic rings. The summed E-state index contributed by atoms with van der Waals surface area (Å²) in [6.07, 6.45) is 7.05. The quantitative estimate of drug-likeness (QED) is 0.828. The molecule has 0 saturated heterocycles. The largest absolute Gasteiger partial charge is 0.373 e. The molecule has 0 bridgehead atoms. The summed E-state index contributed by atoms with van der Waals surface area (Å²) in [5.41, 5.74) is 2.61. The van der Waals surface area contributed by atoms with Crippen LogP contribution in [0, 0.1) is 5.41 Å². The molecule has 2 nitrogen and oxygen atoms in total. The van der Waals surface area contributed by atoms with E-state index in [2.05, 4.69) is 19.1 Å². The van der Waals surface area contributed by atoms with Gasteiger partial charge in [-0.1, -0.05) is 42.8 Å². The summed E-state index contributed by atoms with van der Waals surface area (Å²) in [5, 5.41) is 0. The maximum Gasteiger partial charge on any atom is 0.155 e. The van der Waals surface area contributed by atoms with E-state index in [1.165, 1.54) is 11.1 Å². The minimum atomic E-state index is 0.0704. The number of carbonyl (C=O) groups excluding carboxylic acids is 1. The zero-order valence-corrected chi connectivity index (χ0v) is 12.1. The summed E-state index contributed by atoms with van der Waals surface area (Å²) in [6.45, 7) is 2.95. The Bertz CT molecular complexity index is 517. The minimum Gasteiger partial charge on any atom is -0.373 e. The summed E-state index contributed by atoms with van der Waals surface area (Å²) in [6, 6.07) is 10.3. The maximum atomic E-state index is 11.6. The van der Waals surface area contributed by atoms with Crippen LogP contribution in [-0.4, -0.2) is 11.9 Å². The number of hydrogen-bond donors (Lipinski definition) is 0. The van der Waals surface area contributed by atoms with Crippen LogP contribution in [0.1, 0.15) is 44.6 Å². The van der Waals surface area contributed by atoms with E-state index in [0.717, 1.165) is 25.7 Å². The van der Waals surface area contributed by atoms with Gasteiger partial charge in [-0.3, -0.25) is 4.79 Å². The zero-order valence-electron chi connectivity index (χ0n) is 12.1. The molecule has 2 aliphatic carbocycles. The smallest absolute Gasteiger partial charge is 0.155 e. The highest BCUT2D eigenvalue weighted by Crippen LogP contribution is 2.48. The third kappa shape index (κ3) is 2.57. The molecular formula is C18H22O2. The van der Waals surface area contributed by atoms with Gasteiger partial charge in [-0.2, -0.15) is 0 Å². The average Bonchev–Trinajstić information content (AvgIpc) is 2.47. The van der Waals surface area contributed by atoms with Crippen molar-refractivity contribution in [1.82, 2.24) is 0 Å². The van der Waals surface area contributed by atoms with Crippen LogP contribution in [0.5, 0.6) is 0 Å². The van der Waals surface area contributed by atoms with Gasteiger partial charge >= 0.3 is 0 Å². The summed E-state index contributed by atoms with van der Waals surface area (Å²) in [4.78, 5) is 11.6. The summed E-state index contributed by atoms with van der Waals surface area (Å²) < 4.78 is 6.22. The van der Waals surface area contributed by atoms with Crippen LogP contribution >= 0.6 is 0 Å². The molecule has 1 fully saturated rings. The van der Waals surface area contributed by atoms with Crippen molar-refractivity contribution in [3.63, 3.8) is 0 Å². The van der Waals surface area contributed by atoms with Crippen LogP contribution in [0.3, 0.4) is 0 Å². The van der Waals surface area contributed by atoms with Gasteiger partial charge in [-0.25, -0.2) is 0 Å². The second-order valence-electron chi connectivity index (χ2n) is 6.23. The monoisotopic (exact) mass is 270 g/mol. The van der Waals surface area contributed by atoms with Crippen molar-refractivity contribution in [2.24, 2.45) is 5.41 Å². The number of rotatable bonds is 3. The molecule has 20 heavy (non-hydrogen) atoms. The van der Waals surface area contributed by atoms with Crippen molar-refractivity contribution in [3.8, 4) is 0 Å². The fourth-order valence-corrected chi connectivity index (χ4v) is 3.54. The second kappa shape index (κ2) is 5.53. The first kappa shape index (κ1) is 13.6. The molecular weight excluding hydrogens is 248 g/mol. The fraction of sp³-hybridized carbons (Fsp3) is 0.500. The molecule has 0 unspecified atom stereocenters. The Labute approximate surface area is 120 Å². The van der Waals surface area contributed by atoms with Crippen LogP contribution in [0.2, 0.25) is 0 Å². The van der Waals surface area contributed by atoms with Crippen molar-refractivity contribution in [3.05, 3.63) is 47.5 Å². The van der Waals surface area contributed by atoms with Gasteiger partial charge in [0.1, 0.15) is 0 Å². The maximum absolute atomic E-state index is 11.6. The summed E-state index contributed by atoms with van der Waals surface area (Å²) in [5.74, 6) is 0.293. The third-order valence-corrected chi connectivity index (χ3v) is 4.88. The van der Waals surface area contributed by atoms with Crippen molar-refractivity contribution in [2.75, 3.05) is 0 Å². The van der Waals surface area contributed by atoms with E-state index in [-0.39, 0.29) is 11.5 Å². The molecule has 0 heterocycles. The lowest BCUT2D eigenvalue weighted by Gasteiger charge is -2.45. The van der Waals surface area contributed by atoms with Gasteiger partial charge in [0.25, 0.3) is 0 Å². The lowest BCUT2D eigenvalue weighted by atomic mass is 9.64. The van der Waals surface area contributed by atoms with Crippen molar-refractivity contribution >= 4 is 5.78 Å². The van der Waals surface area contributed by atoms with Gasteiger partial charge < -0.3 is 4.74 Å². The van der Waals surface area contributed by atoms with Crippen LogP contribution < -0.4 is 0 Å². The number of fused-ring (bicyclic) bond motifs is 1. The predicted molar refractivity (Wildman–Crippen MR) is 79.3 cm³/mol. The average molecular weight is 270 g/mol. The first-order valence-electron chi connectivity index (χ1n) is 7.58. The molecule has 1 aromatic carbocycles. The Hall–Kier alpha value is -1.41. The van der Waals surface area contributed by atoms with Gasteiger partial charge in [-0.05, 0) is 37.3 Å². The van der Waals surface area contributed by atoms with Gasteiger partial charge in [0.2, 0.25) is 0 Å². The van der Waals surface area contributed by atoms with Gasteiger partial charge in [0.15, 0.2) is 5.78 Å². The molecule has 2 atom stereocenters. The van der Waals surface area contributed by atoms with Gasteiger partial charge in [-0.15, -0.1) is 0 Å². The Balaban J connectivity index is 1.73. The number of hydrogen-bond acceptors (Lipinski definition) is 2. The number of ketones is 1. The molecule has 0 amide bonds.